The normalized spacial score (nSPS) is 20.8. The highest BCUT2D eigenvalue weighted by Crippen LogP contribution is 2.43. The summed E-state index contributed by atoms with van der Waals surface area (Å²) in [7, 11) is 0. The molecule has 2 heteroatoms. The molecule has 2 aliphatic rings. The maximum absolute atomic E-state index is 6.82. The van der Waals surface area contributed by atoms with Gasteiger partial charge in [-0.25, -0.2) is 0 Å². The van der Waals surface area contributed by atoms with Crippen molar-refractivity contribution >= 4 is 12.7 Å². The molecule has 0 N–H and O–H groups in total. The van der Waals surface area contributed by atoms with E-state index >= 15 is 0 Å². The van der Waals surface area contributed by atoms with Gasteiger partial charge in [-0.1, -0.05) is 101 Å². The molecule has 0 bridgehead atoms. The van der Waals surface area contributed by atoms with Crippen LogP contribution < -0.4 is 0 Å². The summed E-state index contributed by atoms with van der Waals surface area (Å²) in [6, 6.07) is 10.7. The smallest absolute Gasteiger partial charge is 0.364 e. The molecule has 0 atom stereocenters. The molecular weight excluding hydrogens is 291 g/mol. The van der Waals surface area contributed by atoms with E-state index in [2.05, 4.69) is 43.3 Å². The zero-order chi connectivity index (χ0) is 16.6. The SMILES string of the molecule is CC/C=C(/OB(C1CCCCC1)C1CCCCC1)c1ccccc1. The molecule has 1 aromatic rings. The van der Waals surface area contributed by atoms with E-state index in [4.69, 9.17) is 4.65 Å². The van der Waals surface area contributed by atoms with Crippen LogP contribution in [0.3, 0.4) is 0 Å². The molecule has 24 heavy (non-hydrogen) atoms. The minimum atomic E-state index is 0.434. The van der Waals surface area contributed by atoms with Gasteiger partial charge in [0.05, 0.1) is 0 Å². The molecule has 130 valence electrons. The second-order valence-corrected chi connectivity index (χ2v) is 7.72. The van der Waals surface area contributed by atoms with Crippen molar-refractivity contribution < 1.29 is 4.65 Å². The standard InChI is InChI=1S/C22H33BO/c1-2-12-22(19-13-6-3-7-14-19)24-23(20-15-8-4-9-16-20)21-17-10-5-11-18-21/h3,6-7,12-14,20-21H,2,4-5,8-11,15-18H2,1H3/b22-12+. The van der Waals surface area contributed by atoms with Crippen molar-refractivity contribution in [1.82, 2.24) is 0 Å². The summed E-state index contributed by atoms with van der Waals surface area (Å²) < 4.78 is 6.82. The molecule has 2 fully saturated rings. The number of benzene rings is 1. The summed E-state index contributed by atoms with van der Waals surface area (Å²) >= 11 is 0. The van der Waals surface area contributed by atoms with Gasteiger partial charge in [0, 0.05) is 5.56 Å². The first-order chi connectivity index (χ1) is 11.9. The van der Waals surface area contributed by atoms with Gasteiger partial charge in [-0.3, -0.25) is 0 Å². The molecule has 0 saturated heterocycles. The first kappa shape index (κ1) is 17.6. The lowest BCUT2D eigenvalue weighted by Crippen LogP contribution is -2.33. The van der Waals surface area contributed by atoms with Gasteiger partial charge >= 0.3 is 6.92 Å². The van der Waals surface area contributed by atoms with Gasteiger partial charge in [-0.15, -0.1) is 0 Å². The maximum atomic E-state index is 6.82. The average Bonchev–Trinajstić information content (AvgIpc) is 2.67. The predicted octanol–water partition coefficient (Wildman–Crippen LogP) is 7.11. The molecule has 0 unspecified atom stereocenters. The Morgan fingerprint density at radius 1 is 0.917 bits per heavy atom. The van der Waals surface area contributed by atoms with E-state index in [1.807, 2.05) is 0 Å². The van der Waals surface area contributed by atoms with Crippen LogP contribution in [0.2, 0.25) is 11.6 Å². The topological polar surface area (TPSA) is 9.23 Å². The van der Waals surface area contributed by atoms with E-state index in [-0.39, 0.29) is 0 Å². The minimum Gasteiger partial charge on any atom is -0.560 e. The third-order valence-corrected chi connectivity index (χ3v) is 5.94. The lowest BCUT2D eigenvalue weighted by Gasteiger charge is -2.35. The zero-order valence-electron chi connectivity index (χ0n) is 15.4. The molecule has 1 nitrogen and oxygen atoms in total. The number of rotatable bonds is 6. The van der Waals surface area contributed by atoms with Crippen molar-refractivity contribution in [3.05, 3.63) is 42.0 Å². The number of allylic oxidation sites excluding steroid dienone is 1. The molecule has 2 saturated carbocycles. The molecule has 0 aliphatic heterocycles. The van der Waals surface area contributed by atoms with E-state index in [1.54, 1.807) is 0 Å². The summed E-state index contributed by atoms with van der Waals surface area (Å²) in [6.07, 6.45) is 17.2. The van der Waals surface area contributed by atoms with E-state index < -0.39 is 0 Å². The maximum Gasteiger partial charge on any atom is 0.364 e. The first-order valence-corrected chi connectivity index (χ1v) is 10.3. The van der Waals surface area contributed by atoms with Gasteiger partial charge < -0.3 is 4.65 Å². The monoisotopic (exact) mass is 324 g/mol. The van der Waals surface area contributed by atoms with Crippen molar-refractivity contribution in [3.63, 3.8) is 0 Å². The van der Waals surface area contributed by atoms with Crippen molar-refractivity contribution in [2.45, 2.75) is 89.2 Å². The van der Waals surface area contributed by atoms with E-state index in [9.17, 15) is 0 Å². The van der Waals surface area contributed by atoms with E-state index in [0.717, 1.165) is 23.8 Å². The van der Waals surface area contributed by atoms with E-state index in [0.29, 0.717) is 6.92 Å². The third kappa shape index (κ3) is 4.68. The third-order valence-electron chi connectivity index (χ3n) is 5.94. The summed E-state index contributed by atoms with van der Waals surface area (Å²) in [5, 5.41) is 0. The predicted molar refractivity (Wildman–Crippen MR) is 105 cm³/mol. The summed E-state index contributed by atoms with van der Waals surface area (Å²) in [5.41, 5.74) is 1.25. The molecule has 1 aromatic carbocycles. The summed E-state index contributed by atoms with van der Waals surface area (Å²) in [6.45, 7) is 2.64. The van der Waals surface area contributed by atoms with Crippen LogP contribution in [0.1, 0.15) is 83.1 Å². The molecule has 0 amide bonds. The van der Waals surface area contributed by atoms with Crippen LogP contribution in [-0.2, 0) is 4.65 Å². The van der Waals surface area contributed by atoms with Crippen molar-refractivity contribution in [2.24, 2.45) is 0 Å². The fraction of sp³-hybridized carbons (Fsp3) is 0.636. The highest BCUT2D eigenvalue weighted by atomic mass is 16.4. The summed E-state index contributed by atoms with van der Waals surface area (Å²) in [4.78, 5) is 0. The van der Waals surface area contributed by atoms with Crippen molar-refractivity contribution in [1.29, 1.82) is 0 Å². The Morgan fingerprint density at radius 3 is 1.96 bits per heavy atom. The lowest BCUT2D eigenvalue weighted by atomic mass is 9.41. The lowest BCUT2D eigenvalue weighted by molar-refractivity contribution is 0.392. The highest BCUT2D eigenvalue weighted by molar-refractivity contribution is 6.56. The van der Waals surface area contributed by atoms with Crippen LogP contribution in [0.5, 0.6) is 0 Å². The van der Waals surface area contributed by atoms with Crippen LogP contribution in [0.4, 0.5) is 0 Å². The van der Waals surface area contributed by atoms with Crippen LogP contribution in [0.25, 0.3) is 5.76 Å². The quantitative estimate of drug-likeness (QED) is 0.400. The minimum absolute atomic E-state index is 0.434. The van der Waals surface area contributed by atoms with Gasteiger partial charge in [0.2, 0.25) is 0 Å². The van der Waals surface area contributed by atoms with Gasteiger partial charge in [-0.2, -0.15) is 0 Å². The molecule has 3 rings (SSSR count). The molecule has 0 aromatic heterocycles. The van der Waals surface area contributed by atoms with Crippen LogP contribution in [0, 0.1) is 0 Å². The average molecular weight is 324 g/mol. The fourth-order valence-corrected chi connectivity index (χ4v) is 4.67. The zero-order valence-corrected chi connectivity index (χ0v) is 15.4. The Kier molecular flexibility index (Phi) is 6.87. The Bertz CT molecular complexity index is 480. The van der Waals surface area contributed by atoms with Crippen molar-refractivity contribution in [2.75, 3.05) is 0 Å². The van der Waals surface area contributed by atoms with Crippen molar-refractivity contribution in [3.8, 4) is 0 Å². The molecule has 0 spiro atoms. The fourth-order valence-electron chi connectivity index (χ4n) is 4.67. The Balaban J connectivity index is 1.79. The van der Waals surface area contributed by atoms with Gasteiger partial charge in [0.15, 0.2) is 0 Å². The van der Waals surface area contributed by atoms with Gasteiger partial charge in [0.1, 0.15) is 5.76 Å². The Labute approximate surface area is 149 Å². The second-order valence-electron chi connectivity index (χ2n) is 7.72. The van der Waals surface area contributed by atoms with Crippen LogP contribution in [0.15, 0.2) is 36.4 Å². The van der Waals surface area contributed by atoms with Crippen LogP contribution >= 0.6 is 0 Å². The van der Waals surface area contributed by atoms with E-state index in [1.165, 1.54) is 69.8 Å². The van der Waals surface area contributed by atoms with Crippen LogP contribution in [-0.4, -0.2) is 6.92 Å². The largest absolute Gasteiger partial charge is 0.560 e. The molecule has 0 radical (unpaired) electrons. The second kappa shape index (κ2) is 9.35. The first-order valence-electron chi connectivity index (χ1n) is 10.3. The molecular formula is C22H33BO. The number of hydrogen-bond acceptors (Lipinski definition) is 1. The van der Waals surface area contributed by atoms with Gasteiger partial charge in [-0.05, 0) is 24.1 Å². The molecule has 2 aliphatic carbocycles. The highest BCUT2D eigenvalue weighted by Gasteiger charge is 2.38. The van der Waals surface area contributed by atoms with Gasteiger partial charge in [0.25, 0.3) is 0 Å². The number of hydrogen-bond donors (Lipinski definition) is 0. The summed E-state index contributed by atoms with van der Waals surface area (Å²) in [5.74, 6) is 2.66. The Hall–Kier alpha value is -1.18. The Morgan fingerprint density at radius 2 is 1.46 bits per heavy atom. The molecule has 0 heterocycles.